The first-order valence-corrected chi connectivity index (χ1v) is 16.9. The Balaban J connectivity index is 1.93. The van der Waals surface area contributed by atoms with E-state index in [0.29, 0.717) is 16.8 Å². The first-order chi connectivity index (χ1) is 22.6. The molecule has 0 aliphatic heterocycles. The standard InChI is InChI=1S/C34H43F3N4O6S/c1-23(2)21-40(48(45,46)28-19-17-26(38)18-20-28)27(22-42)15-10-16-29(34(35,36)37)41(33(44)47-3)32(43)31(39)30(24-11-6-4-7-12-24)25-13-8-5-9-14-25/h4-9,11-14,17-20,23,27,29-31,42H,10,15-16,21-22,38-39H2,1-3H3/t27-,29+,31-/m0/s1. The van der Waals surface area contributed by atoms with E-state index in [9.17, 15) is 36.3 Å². The SMILES string of the molecule is COC(=O)N(C(=O)[C@@H](N)C(c1ccccc1)c1ccccc1)[C@H](CCC[C@@H](CO)N(CC(C)C)S(=O)(=O)c1ccc(N)cc1)C(F)(F)F. The number of hydrogen-bond donors (Lipinski definition) is 3. The predicted octanol–water partition coefficient (Wildman–Crippen LogP) is 5.13. The van der Waals surface area contributed by atoms with Crippen LogP contribution in [0.15, 0.2) is 89.8 Å². The average molecular weight is 693 g/mol. The van der Waals surface area contributed by atoms with E-state index >= 15 is 0 Å². The van der Waals surface area contributed by atoms with Gasteiger partial charge in [0.05, 0.1) is 24.7 Å². The Bertz CT molecular complexity index is 1540. The van der Waals surface area contributed by atoms with Crippen molar-refractivity contribution in [3.05, 3.63) is 96.1 Å². The number of nitrogens with two attached hydrogens (primary N) is 2. The number of ether oxygens (including phenoxy) is 1. The molecule has 0 bridgehead atoms. The number of benzene rings is 3. The second kappa shape index (κ2) is 16.9. The monoisotopic (exact) mass is 692 g/mol. The number of nitrogen functional groups attached to an aromatic ring is 1. The molecule has 2 amide bonds. The Hall–Kier alpha value is -3.98. The molecule has 3 atom stereocenters. The van der Waals surface area contributed by atoms with E-state index < -0.39 is 65.3 Å². The molecule has 5 N–H and O–H groups in total. The number of halogens is 3. The number of sulfonamides is 1. The minimum atomic E-state index is -5.10. The Morgan fingerprint density at radius 3 is 1.85 bits per heavy atom. The summed E-state index contributed by atoms with van der Waals surface area (Å²) in [5, 5.41) is 10.3. The van der Waals surface area contributed by atoms with Crippen LogP contribution in [0.4, 0.5) is 23.7 Å². The second-order valence-electron chi connectivity index (χ2n) is 11.9. The fourth-order valence-corrected chi connectivity index (χ4v) is 7.40. The van der Waals surface area contributed by atoms with E-state index in [2.05, 4.69) is 4.74 Å². The van der Waals surface area contributed by atoms with Gasteiger partial charge in [0.2, 0.25) is 15.9 Å². The molecule has 48 heavy (non-hydrogen) atoms. The molecule has 0 aromatic heterocycles. The summed E-state index contributed by atoms with van der Waals surface area (Å²) in [4.78, 5) is 26.7. The van der Waals surface area contributed by atoms with E-state index in [0.717, 1.165) is 11.4 Å². The molecular weight excluding hydrogens is 649 g/mol. The molecule has 0 spiro atoms. The molecule has 0 aliphatic rings. The number of rotatable bonds is 15. The van der Waals surface area contributed by atoms with Crippen molar-refractivity contribution < 1.29 is 41.0 Å². The fraction of sp³-hybridized carbons (Fsp3) is 0.412. The summed E-state index contributed by atoms with van der Waals surface area (Å²) in [5.41, 5.74) is 13.6. The highest BCUT2D eigenvalue weighted by Gasteiger charge is 2.50. The van der Waals surface area contributed by atoms with Crippen LogP contribution in [0.3, 0.4) is 0 Å². The highest BCUT2D eigenvalue weighted by Crippen LogP contribution is 2.34. The van der Waals surface area contributed by atoms with Gasteiger partial charge in [-0.25, -0.2) is 18.1 Å². The van der Waals surface area contributed by atoms with E-state index in [1.807, 2.05) is 0 Å². The maximum Gasteiger partial charge on any atom is 0.416 e. The molecule has 0 saturated heterocycles. The lowest BCUT2D eigenvalue weighted by molar-refractivity contribution is -0.187. The molecule has 0 heterocycles. The highest BCUT2D eigenvalue weighted by molar-refractivity contribution is 7.89. The number of alkyl halides is 3. The number of hydrogen-bond acceptors (Lipinski definition) is 8. The molecule has 0 unspecified atom stereocenters. The minimum Gasteiger partial charge on any atom is -0.452 e. The zero-order valence-corrected chi connectivity index (χ0v) is 27.9. The van der Waals surface area contributed by atoms with Crippen LogP contribution in [0.1, 0.15) is 50.2 Å². The first-order valence-electron chi connectivity index (χ1n) is 15.4. The normalized spacial score (nSPS) is 14.1. The zero-order chi connectivity index (χ0) is 35.6. The highest BCUT2D eigenvalue weighted by atomic mass is 32.2. The number of imide groups is 1. The van der Waals surface area contributed by atoms with E-state index in [1.54, 1.807) is 74.5 Å². The van der Waals surface area contributed by atoms with Crippen LogP contribution in [0.5, 0.6) is 0 Å². The zero-order valence-electron chi connectivity index (χ0n) is 27.1. The Kier molecular flexibility index (Phi) is 13.6. The lowest BCUT2D eigenvalue weighted by Crippen LogP contribution is -2.57. The van der Waals surface area contributed by atoms with Crippen molar-refractivity contribution in [3.63, 3.8) is 0 Å². The summed E-state index contributed by atoms with van der Waals surface area (Å²) in [6.07, 6.45) is -7.97. The molecule has 14 heteroatoms. The maximum absolute atomic E-state index is 14.7. The summed E-state index contributed by atoms with van der Waals surface area (Å²) in [5.74, 6) is -2.39. The Labute approximate surface area is 279 Å². The van der Waals surface area contributed by atoms with Gasteiger partial charge in [-0.3, -0.25) is 4.79 Å². The van der Waals surface area contributed by atoms with E-state index in [1.165, 1.54) is 24.3 Å². The fourth-order valence-electron chi connectivity index (χ4n) is 5.59. The third-order valence-corrected chi connectivity index (χ3v) is 9.86. The lowest BCUT2D eigenvalue weighted by atomic mass is 9.84. The van der Waals surface area contributed by atoms with Crippen molar-refractivity contribution in [3.8, 4) is 0 Å². The van der Waals surface area contributed by atoms with E-state index in [-0.39, 0.29) is 35.1 Å². The van der Waals surface area contributed by atoms with Crippen LogP contribution < -0.4 is 11.5 Å². The van der Waals surface area contributed by atoms with E-state index in [4.69, 9.17) is 11.5 Å². The van der Waals surface area contributed by atoms with Crippen molar-refractivity contribution in [1.82, 2.24) is 9.21 Å². The number of anilines is 1. The third-order valence-electron chi connectivity index (χ3n) is 7.92. The molecule has 3 aromatic carbocycles. The number of nitrogens with zero attached hydrogens (tertiary/aromatic N) is 2. The van der Waals surface area contributed by atoms with Crippen LogP contribution in [-0.4, -0.2) is 79.3 Å². The van der Waals surface area contributed by atoms with Crippen LogP contribution in [-0.2, 0) is 19.6 Å². The number of carbonyl (C=O) groups excluding carboxylic acids is 2. The van der Waals surface area contributed by atoms with Gasteiger partial charge in [0, 0.05) is 24.2 Å². The van der Waals surface area contributed by atoms with Gasteiger partial charge in [-0.2, -0.15) is 17.5 Å². The smallest absolute Gasteiger partial charge is 0.416 e. The Morgan fingerprint density at radius 1 is 0.896 bits per heavy atom. The largest absolute Gasteiger partial charge is 0.452 e. The summed E-state index contributed by atoms with van der Waals surface area (Å²) < 4.78 is 77.1. The molecule has 10 nitrogen and oxygen atoms in total. The van der Waals surface area contributed by atoms with Gasteiger partial charge in [0.25, 0.3) is 0 Å². The summed E-state index contributed by atoms with van der Waals surface area (Å²) in [6.45, 7) is 2.82. The first kappa shape index (κ1) is 38.5. The number of aliphatic hydroxyl groups excluding tert-OH is 1. The van der Waals surface area contributed by atoms with Gasteiger partial charge < -0.3 is 21.3 Å². The van der Waals surface area contributed by atoms with Gasteiger partial charge in [-0.15, -0.1) is 0 Å². The molecule has 0 aliphatic carbocycles. The molecule has 0 saturated carbocycles. The van der Waals surface area contributed by atoms with Gasteiger partial charge in [0.1, 0.15) is 6.04 Å². The minimum absolute atomic E-state index is 0.00843. The number of methoxy groups -OCH3 is 1. The van der Waals surface area contributed by atoms with Crippen LogP contribution in [0.2, 0.25) is 0 Å². The van der Waals surface area contributed by atoms with Crippen molar-refractivity contribution >= 4 is 27.7 Å². The summed E-state index contributed by atoms with van der Waals surface area (Å²) in [6, 6.07) is 17.1. The second-order valence-corrected chi connectivity index (χ2v) is 13.8. The molecule has 0 fully saturated rings. The Morgan fingerprint density at radius 2 is 1.42 bits per heavy atom. The topological polar surface area (TPSA) is 156 Å². The van der Waals surface area contributed by atoms with Crippen LogP contribution in [0, 0.1) is 5.92 Å². The average Bonchev–Trinajstić information content (AvgIpc) is 3.05. The predicted molar refractivity (Wildman–Crippen MR) is 176 cm³/mol. The quantitative estimate of drug-likeness (QED) is 0.185. The van der Waals surface area contributed by atoms with Gasteiger partial charge >= 0.3 is 12.3 Å². The van der Waals surface area contributed by atoms with Crippen molar-refractivity contribution in [2.45, 2.75) is 68.2 Å². The lowest BCUT2D eigenvalue weighted by Gasteiger charge is -2.35. The van der Waals surface area contributed by atoms with Crippen LogP contribution in [0.25, 0.3) is 0 Å². The van der Waals surface area contributed by atoms with Crippen molar-refractivity contribution in [1.29, 1.82) is 0 Å². The van der Waals surface area contributed by atoms with Gasteiger partial charge in [-0.1, -0.05) is 74.5 Å². The number of amides is 2. The number of carbonyl (C=O) groups is 2. The van der Waals surface area contributed by atoms with Gasteiger partial charge in [0.15, 0.2) is 0 Å². The molecular formula is C34H43F3N4O6S. The van der Waals surface area contributed by atoms with Crippen LogP contribution >= 0.6 is 0 Å². The van der Waals surface area contributed by atoms with Crippen molar-refractivity contribution in [2.75, 3.05) is 26.0 Å². The van der Waals surface area contributed by atoms with Crippen molar-refractivity contribution in [2.24, 2.45) is 11.7 Å². The summed E-state index contributed by atoms with van der Waals surface area (Å²) in [7, 11) is -3.32. The third kappa shape index (κ3) is 9.56. The molecule has 262 valence electrons. The molecule has 0 radical (unpaired) electrons. The number of aliphatic hydroxyl groups is 1. The summed E-state index contributed by atoms with van der Waals surface area (Å²) >= 11 is 0. The maximum atomic E-state index is 14.7. The molecule has 3 aromatic rings. The van der Waals surface area contributed by atoms with Gasteiger partial charge in [-0.05, 0) is 60.6 Å². The molecule has 3 rings (SSSR count).